The Kier molecular flexibility index (Phi) is 3.68. The van der Waals surface area contributed by atoms with Gasteiger partial charge in [0.25, 0.3) is 0 Å². The molecule has 0 aromatic heterocycles. The third kappa shape index (κ3) is 2.33. The molecule has 1 aromatic rings. The van der Waals surface area contributed by atoms with Crippen LogP contribution in [0.1, 0.15) is 11.7 Å². The lowest BCUT2D eigenvalue weighted by atomic mass is 10.1. The van der Waals surface area contributed by atoms with Gasteiger partial charge in [0.1, 0.15) is 24.0 Å². The van der Waals surface area contributed by atoms with Crippen LogP contribution in [0.5, 0.6) is 17.2 Å². The molecule has 5 nitrogen and oxygen atoms in total. The Morgan fingerprint density at radius 3 is 2.89 bits per heavy atom. The highest BCUT2D eigenvalue weighted by atomic mass is 35.5. The fourth-order valence-electron chi connectivity index (χ4n) is 2.36. The molecule has 2 aliphatic heterocycles. The molecule has 1 aromatic carbocycles. The van der Waals surface area contributed by atoms with Gasteiger partial charge in [-0.3, -0.25) is 0 Å². The highest BCUT2D eigenvalue weighted by Gasteiger charge is 2.27. The van der Waals surface area contributed by atoms with Crippen LogP contribution in [0.2, 0.25) is 5.02 Å². The van der Waals surface area contributed by atoms with E-state index in [4.69, 9.17) is 30.5 Å². The number of hydrogen-bond donors (Lipinski definition) is 1. The number of halogens is 1. The molecule has 1 fully saturated rings. The number of morpholine rings is 1. The van der Waals surface area contributed by atoms with Crippen molar-refractivity contribution in [3.63, 3.8) is 0 Å². The summed E-state index contributed by atoms with van der Waals surface area (Å²) in [5.74, 6) is 1.80. The molecule has 19 heavy (non-hydrogen) atoms. The number of hydrogen-bond acceptors (Lipinski definition) is 5. The third-order valence-electron chi connectivity index (χ3n) is 3.24. The lowest BCUT2D eigenvalue weighted by molar-refractivity contribution is 0.0259. The molecule has 0 bridgehead atoms. The maximum absolute atomic E-state index is 6.35. The first-order chi connectivity index (χ1) is 9.31. The van der Waals surface area contributed by atoms with Gasteiger partial charge in [-0.25, -0.2) is 0 Å². The van der Waals surface area contributed by atoms with E-state index in [0.29, 0.717) is 42.1 Å². The summed E-state index contributed by atoms with van der Waals surface area (Å²) < 4.78 is 22.3. The molecule has 2 aliphatic rings. The van der Waals surface area contributed by atoms with Gasteiger partial charge in [0, 0.05) is 18.7 Å². The minimum Gasteiger partial charge on any atom is -0.495 e. The first-order valence-corrected chi connectivity index (χ1v) is 6.67. The summed E-state index contributed by atoms with van der Waals surface area (Å²) in [5, 5.41) is 3.74. The van der Waals surface area contributed by atoms with Crippen molar-refractivity contribution >= 4 is 11.6 Å². The van der Waals surface area contributed by atoms with Crippen molar-refractivity contribution in [1.82, 2.24) is 5.32 Å². The fraction of sp³-hybridized carbons (Fsp3) is 0.538. The average Bonchev–Trinajstić information content (AvgIpc) is 2.48. The summed E-state index contributed by atoms with van der Waals surface area (Å²) in [6.07, 6.45) is -0.0861. The fourth-order valence-corrected chi connectivity index (χ4v) is 2.69. The summed E-state index contributed by atoms with van der Waals surface area (Å²) in [6, 6.07) is 1.90. The van der Waals surface area contributed by atoms with E-state index in [1.165, 1.54) is 0 Å². The summed E-state index contributed by atoms with van der Waals surface area (Å²) >= 11 is 6.35. The number of ether oxygens (including phenoxy) is 4. The largest absolute Gasteiger partial charge is 0.495 e. The van der Waals surface area contributed by atoms with E-state index in [2.05, 4.69) is 5.32 Å². The first-order valence-electron chi connectivity index (χ1n) is 6.29. The second-order valence-corrected chi connectivity index (χ2v) is 4.78. The van der Waals surface area contributed by atoms with Gasteiger partial charge in [0.15, 0.2) is 11.5 Å². The second-order valence-electron chi connectivity index (χ2n) is 4.40. The van der Waals surface area contributed by atoms with E-state index in [1.807, 2.05) is 6.07 Å². The number of fused-ring (bicyclic) bond motifs is 1. The third-order valence-corrected chi connectivity index (χ3v) is 3.58. The predicted octanol–water partition coefficient (Wildman–Crippen LogP) is 1.78. The Labute approximate surface area is 116 Å². The van der Waals surface area contributed by atoms with Crippen molar-refractivity contribution in [3.8, 4) is 17.2 Å². The highest BCUT2D eigenvalue weighted by Crippen LogP contribution is 2.47. The molecule has 1 N–H and O–H groups in total. The van der Waals surface area contributed by atoms with Crippen molar-refractivity contribution in [2.75, 3.05) is 40.0 Å². The van der Waals surface area contributed by atoms with Crippen LogP contribution in [0, 0.1) is 0 Å². The molecule has 104 valence electrons. The van der Waals surface area contributed by atoms with E-state index < -0.39 is 0 Å². The molecule has 1 atom stereocenters. The number of methoxy groups -OCH3 is 1. The van der Waals surface area contributed by atoms with Crippen molar-refractivity contribution < 1.29 is 18.9 Å². The molecule has 0 radical (unpaired) electrons. The molecule has 1 saturated heterocycles. The van der Waals surface area contributed by atoms with Gasteiger partial charge in [-0.05, 0) is 6.07 Å². The monoisotopic (exact) mass is 285 g/mol. The molecule has 0 spiro atoms. The Morgan fingerprint density at radius 2 is 2.16 bits per heavy atom. The van der Waals surface area contributed by atoms with E-state index in [9.17, 15) is 0 Å². The molecular formula is C13H16ClNO4. The van der Waals surface area contributed by atoms with Crippen LogP contribution >= 0.6 is 11.6 Å². The van der Waals surface area contributed by atoms with Gasteiger partial charge in [0.2, 0.25) is 0 Å². The van der Waals surface area contributed by atoms with Crippen LogP contribution in [-0.4, -0.2) is 40.0 Å². The predicted molar refractivity (Wildman–Crippen MR) is 70.6 cm³/mol. The van der Waals surface area contributed by atoms with E-state index >= 15 is 0 Å². The number of benzene rings is 1. The SMILES string of the molecule is COc1c(C2CNCCO2)cc2c(c1Cl)OCCO2. The summed E-state index contributed by atoms with van der Waals surface area (Å²) in [6.45, 7) is 3.28. The molecular weight excluding hydrogens is 270 g/mol. The van der Waals surface area contributed by atoms with Crippen LogP contribution < -0.4 is 19.5 Å². The topological polar surface area (TPSA) is 49.0 Å². The minimum absolute atomic E-state index is 0.0861. The van der Waals surface area contributed by atoms with E-state index in [-0.39, 0.29) is 6.10 Å². The lowest BCUT2D eigenvalue weighted by Gasteiger charge is -2.28. The van der Waals surface area contributed by atoms with Crippen molar-refractivity contribution in [3.05, 3.63) is 16.7 Å². The minimum atomic E-state index is -0.0861. The average molecular weight is 286 g/mol. The molecule has 2 heterocycles. The van der Waals surface area contributed by atoms with Crippen LogP contribution in [-0.2, 0) is 4.74 Å². The Morgan fingerprint density at radius 1 is 1.32 bits per heavy atom. The zero-order valence-electron chi connectivity index (χ0n) is 10.7. The molecule has 0 saturated carbocycles. The smallest absolute Gasteiger partial charge is 0.183 e. The van der Waals surface area contributed by atoms with Gasteiger partial charge in [-0.1, -0.05) is 11.6 Å². The maximum Gasteiger partial charge on any atom is 0.183 e. The molecule has 1 unspecified atom stereocenters. The van der Waals surface area contributed by atoms with Crippen molar-refractivity contribution in [2.45, 2.75) is 6.10 Å². The summed E-state index contributed by atoms with van der Waals surface area (Å²) in [5.41, 5.74) is 0.893. The van der Waals surface area contributed by atoms with Crippen LogP contribution in [0.15, 0.2) is 6.07 Å². The summed E-state index contributed by atoms with van der Waals surface area (Å²) in [7, 11) is 1.59. The number of nitrogens with one attached hydrogen (secondary N) is 1. The van der Waals surface area contributed by atoms with Gasteiger partial charge in [0.05, 0.1) is 19.8 Å². The van der Waals surface area contributed by atoms with Crippen LogP contribution in [0.4, 0.5) is 0 Å². The molecule has 6 heteroatoms. The molecule has 3 rings (SSSR count). The normalized spacial score (nSPS) is 22.1. The van der Waals surface area contributed by atoms with Crippen LogP contribution in [0.3, 0.4) is 0 Å². The standard InChI is InChI=1S/C13H16ClNO4/c1-16-12-8(10-7-15-2-3-17-10)6-9-13(11(12)14)19-5-4-18-9/h6,10,15H,2-5,7H2,1H3. The highest BCUT2D eigenvalue weighted by molar-refractivity contribution is 6.34. The first kappa shape index (κ1) is 12.8. The van der Waals surface area contributed by atoms with Gasteiger partial charge >= 0.3 is 0 Å². The van der Waals surface area contributed by atoms with Crippen molar-refractivity contribution in [2.24, 2.45) is 0 Å². The van der Waals surface area contributed by atoms with Gasteiger partial charge in [-0.2, -0.15) is 0 Å². The van der Waals surface area contributed by atoms with E-state index in [0.717, 1.165) is 18.7 Å². The zero-order chi connectivity index (χ0) is 13.2. The van der Waals surface area contributed by atoms with E-state index in [1.54, 1.807) is 7.11 Å². The Hall–Kier alpha value is -1.17. The molecule has 0 aliphatic carbocycles. The lowest BCUT2D eigenvalue weighted by Crippen LogP contribution is -2.33. The van der Waals surface area contributed by atoms with Crippen LogP contribution in [0.25, 0.3) is 0 Å². The zero-order valence-corrected chi connectivity index (χ0v) is 11.5. The maximum atomic E-state index is 6.35. The second kappa shape index (κ2) is 5.45. The van der Waals surface area contributed by atoms with Crippen molar-refractivity contribution in [1.29, 1.82) is 0 Å². The Bertz CT molecular complexity index is 474. The van der Waals surface area contributed by atoms with Gasteiger partial charge < -0.3 is 24.3 Å². The van der Waals surface area contributed by atoms with Gasteiger partial charge in [-0.15, -0.1) is 0 Å². The summed E-state index contributed by atoms with van der Waals surface area (Å²) in [4.78, 5) is 0. The quantitative estimate of drug-likeness (QED) is 0.898. The molecule has 0 amide bonds. The Balaban J connectivity index is 2.04. The number of rotatable bonds is 2.